The normalized spacial score (nSPS) is 11.6. The monoisotopic (exact) mass is 332 g/mol. The van der Waals surface area contributed by atoms with Crippen molar-refractivity contribution in [2.24, 2.45) is 0 Å². The Morgan fingerprint density at radius 2 is 2.08 bits per heavy atom. The van der Waals surface area contributed by atoms with E-state index in [0.29, 0.717) is 5.56 Å². The van der Waals surface area contributed by atoms with E-state index in [1.165, 1.54) is 38.0 Å². The molecule has 0 aliphatic carbocycles. The third-order valence-electron chi connectivity index (χ3n) is 3.11. The number of methoxy groups -OCH3 is 1. The first-order valence-electron chi connectivity index (χ1n) is 7.02. The lowest BCUT2D eigenvalue weighted by atomic mass is 10.2. The summed E-state index contributed by atoms with van der Waals surface area (Å²) in [6.07, 6.45) is 3.43. The number of esters is 1. The van der Waals surface area contributed by atoms with Crippen LogP contribution in [-0.4, -0.2) is 34.2 Å². The molecule has 9 nitrogen and oxygen atoms in total. The van der Waals surface area contributed by atoms with Gasteiger partial charge >= 0.3 is 11.7 Å². The van der Waals surface area contributed by atoms with E-state index < -0.39 is 17.1 Å². The van der Waals surface area contributed by atoms with Gasteiger partial charge in [-0.2, -0.15) is 0 Å². The van der Waals surface area contributed by atoms with Crippen LogP contribution >= 0.6 is 0 Å². The highest BCUT2D eigenvalue weighted by Gasteiger charge is 2.16. The van der Waals surface area contributed by atoms with E-state index in [-0.39, 0.29) is 23.5 Å². The predicted molar refractivity (Wildman–Crippen MR) is 83.4 cm³/mol. The van der Waals surface area contributed by atoms with Crippen LogP contribution in [0.25, 0.3) is 0 Å². The summed E-state index contributed by atoms with van der Waals surface area (Å²) in [6.45, 7) is 1.93. The van der Waals surface area contributed by atoms with Crippen molar-refractivity contribution in [2.75, 3.05) is 7.11 Å². The SMILES string of the molecule is COc1ccc(CNC(C)OC(=O)c2cncnc2)cc1[N+](=O)[O-]. The highest BCUT2D eigenvalue weighted by atomic mass is 16.6. The molecule has 0 aliphatic rings. The van der Waals surface area contributed by atoms with Gasteiger partial charge in [0.1, 0.15) is 6.33 Å². The van der Waals surface area contributed by atoms with Gasteiger partial charge in [-0.25, -0.2) is 14.8 Å². The lowest BCUT2D eigenvalue weighted by Gasteiger charge is -2.15. The molecule has 9 heteroatoms. The van der Waals surface area contributed by atoms with Crippen molar-refractivity contribution >= 4 is 11.7 Å². The summed E-state index contributed by atoms with van der Waals surface area (Å²) in [4.78, 5) is 29.8. The summed E-state index contributed by atoms with van der Waals surface area (Å²) in [7, 11) is 1.37. The Bertz CT molecular complexity index is 723. The molecule has 126 valence electrons. The molecule has 0 bridgehead atoms. The van der Waals surface area contributed by atoms with Crippen molar-refractivity contribution in [1.29, 1.82) is 0 Å². The van der Waals surface area contributed by atoms with Gasteiger partial charge in [0.15, 0.2) is 12.0 Å². The van der Waals surface area contributed by atoms with Crippen LogP contribution < -0.4 is 10.1 Å². The molecule has 0 spiro atoms. The molecule has 1 atom stereocenters. The van der Waals surface area contributed by atoms with Crippen molar-refractivity contribution in [3.05, 3.63) is 58.2 Å². The Morgan fingerprint density at radius 3 is 2.71 bits per heavy atom. The van der Waals surface area contributed by atoms with Crippen LogP contribution in [0.1, 0.15) is 22.8 Å². The van der Waals surface area contributed by atoms with E-state index >= 15 is 0 Å². The van der Waals surface area contributed by atoms with E-state index in [2.05, 4.69) is 15.3 Å². The molecule has 1 aromatic carbocycles. The number of hydrogen-bond donors (Lipinski definition) is 1. The lowest BCUT2D eigenvalue weighted by Crippen LogP contribution is -2.30. The van der Waals surface area contributed by atoms with E-state index in [1.807, 2.05) is 0 Å². The van der Waals surface area contributed by atoms with Gasteiger partial charge in [-0.1, -0.05) is 6.07 Å². The molecule has 0 fully saturated rings. The summed E-state index contributed by atoms with van der Waals surface area (Å²) in [5.41, 5.74) is 0.780. The van der Waals surface area contributed by atoms with Crippen LogP contribution in [0, 0.1) is 10.1 Å². The van der Waals surface area contributed by atoms with Crippen LogP contribution in [0.4, 0.5) is 5.69 Å². The summed E-state index contributed by atoms with van der Waals surface area (Å²) in [5.74, 6) is -0.372. The largest absolute Gasteiger partial charge is 0.490 e. The number of hydrogen-bond acceptors (Lipinski definition) is 8. The minimum atomic E-state index is -0.598. The standard InChI is InChI=1S/C15H16N4O5/c1-10(24-15(20)12-7-16-9-17-8-12)18-6-11-3-4-14(23-2)13(5-11)19(21)22/h3-5,7-10,18H,6H2,1-2H3. The van der Waals surface area contributed by atoms with Crippen LogP contribution in [0.15, 0.2) is 36.9 Å². The summed E-state index contributed by atoms with van der Waals surface area (Å²) >= 11 is 0. The number of nitrogens with one attached hydrogen (secondary N) is 1. The maximum absolute atomic E-state index is 11.8. The van der Waals surface area contributed by atoms with Gasteiger partial charge < -0.3 is 9.47 Å². The molecule has 0 radical (unpaired) electrons. The number of aromatic nitrogens is 2. The van der Waals surface area contributed by atoms with Gasteiger partial charge in [0, 0.05) is 25.0 Å². The van der Waals surface area contributed by atoms with Crippen molar-refractivity contribution in [3.8, 4) is 5.75 Å². The third-order valence-corrected chi connectivity index (χ3v) is 3.11. The molecule has 0 amide bonds. The highest BCUT2D eigenvalue weighted by Crippen LogP contribution is 2.27. The summed E-state index contributed by atoms with van der Waals surface area (Å²) in [6, 6.07) is 4.62. The molecule has 0 saturated carbocycles. The first-order valence-corrected chi connectivity index (χ1v) is 7.02. The Morgan fingerprint density at radius 1 is 1.38 bits per heavy atom. The lowest BCUT2D eigenvalue weighted by molar-refractivity contribution is -0.385. The van der Waals surface area contributed by atoms with Gasteiger partial charge in [-0.3, -0.25) is 15.4 Å². The van der Waals surface area contributed by atoms with Crippen molar-refractivity contribution in [3.63, 3.8) is 0 Å². The van der Waals surface area contributed by atoms with E-state index in [0.717, 1.165) is 0 Å². The van der Waals surface area contributed by atoms with Crippen LogP contribution in [0.2, 0.25) is 0 Å². The number of ether oxygens (including phenoxy) is 2. The Labute approximate surface area is 137 Å². The van der Waals surface area contributed by atoms with Crippen molar-refractivity contribution < 1.29 is 19.2 Å². The molecule has 2 rings (SSSR count). The predicted octanol–water partition coefficient (Wildman–Crippen LogP) is 1.69. The summed E-state index contributed by atoms with van der Waals surface area (Å²) < 4.78 is 10.1. The third kappa shape index (κ3) is 4.46. The molecule has 2 aromatic rings. The topological polar surface area (TPSA) is 116 Å². The second-order valence-electron chi connectivity index (χ2n) is 4.82. The number of nitro benzene ring substituents is 1. The Kier molecular flexibility index (Phi) is 5.74. The maximum atomic E-state index is 11.8. The molecular formula is C15H16N4O5. The quantitative estimate of drug-likeness (QED) is 0.352. The van der Waals surface area contributed by atoms with E-state index in [1.54, 1.807) is 13.0 Å². The fourth-order valence-electron chi connectivity index (χ4n) is 1.92. The number of nitrogens with zero attached hydrogens (tertiary/aromatic N) is 3. The molecule has 1 unspecified atom stereocenters. The van der Waals surface area contributed by atoms with Crippen molar-refractivity contribution in [1.82, 2.24) is 15.3 Å². The molecule has 0 saturated heterocycles. The molecule has 1 N–H and O–H groups in total. The maximum Gasteiger partial charge on any atom is 0.342 e. The number of rotatable bonds is 7. The zero-order valence-corrected chi connectivity index (χ0v) is 13.1. The minimum absolute atomic E-state index is 0.122. The smallest absolute Gasteiger partial charge is 0.342 e. The van der Waals surface area contributed by atoms with E-state index in [9.17, 15) is 14.9 Å². The van der Waals surface area contributed by atoms with Gasteiger partial charge in [0.2, 0.25) is 0 Å². The van der Waals surface area contributed by atoms with Gasteiger partial charge in [0.05, 0.1) is 17.6 Å². The fraction of sp³-hybridized carbons (Fsp3) is 0.267. The number of benzene rings is 1. The first-order chi connectivity index (χ1) is 11.5. The minimum Gasteiger partial charge on any atom is -0.490 e. The first kappa shape index (κ1) is 17.3. The Hall–Kier alpha value is -3.07. The number of nitro groups is 1. The van der Waals surface area contributed by atoms with Crippen LogP contribution in [-0.2, 0) is 11.3 Å². The van der Waals surface area contributed by atoms with Gasteiger partial charge in [0.25, 0.3) is 0 Å². The summed E-state index contributed by atoms with van der Waals surface area (Å²) in [5, 5.41) is 14.0. The molecule has 24 heavy (non-hydrogen) atoms. The van der Waals surface area contributed by atoms with E-state index in [4.69, 9.17) is 9.47 Å². The fourth-order valence-corrected chi connectivity index (χ4v) is 1.92. The average molecular weight is 332 g/mol. The second-order valence-corrected chi connectivity index (χ2v) is 4.82. The zero-order valence-electron chi connectivity index (χ0n) is 13.1. The van der Waals surface area contributed by atoms with Gasteiger partial charge in [-0.15, -0.1) is 0 Å². The highest BCUT2D eigenvalue weighted by molar-refractivity contribution is 5.88. The number of carbonyl (C=O) groups excluding carboxylic acids is 1. The van der Waals surface area contributed by atoms with Gasteiger partial charge in [-0.05, 0) is 18.6 Å². The Balaban J connectivity index is 1.94. The van der Waals surface area contributed by atoms with Crippen LogP contribution in [0.5, 0.6) is 5.75 Å². The molecule has 1 heterocycles. The second kappa shape index (κ2) is 7.97. The molecule has 0 aliphatic heterocycles. The number of carbonyl (C=O) groups is 1. The van der Waals surface area contributed by atoms with Crippen LogP contribution in [0.3, 0.4) is 0 Å². The zero-order chi connectivity index (χ0) is 17.5. The molecular weight excluding hydrogens is 316 g/mol. The van der Waals surface area contributed by atoms with Crippen molar-refractivity contribution in [2.45, 2.75) is 19.7 Å². The average Bonchev–Trinajstić information content (AvgIpc) is 2.60. The molecule has 1 aromatic heterocycles.